The number of hydrogen-bond acceptors (Lipinski definition) is 3. The first kappa shape index (κ1) is 22.7. The minimum atomic E-state index is -0.523. The van der Waals surface area contributed by atoms with Crippen LogP contribution in [0.15, 0.2) is 59.5 Å². The van der Waals surface area contributed by atoms with Crippen LogP contribution in [0.4, 0.5) is 0 Å². The van der Waals surface area contributed by atoms with Gasteiger partial charge in [-0.2, -0.15) is 0 Å². The average molecular weight is 445 g/mol. The maximum absolute atomic E-state index is 13.1. The minimum absolute atomic E-state index is 0.0508. The topological polar surface area (TPSA) is 49.4 Å². The second kappa shape index (κ2) is 11.4. The van der Waals surface area contributed by atoms with Gasteiger partial charge >= 0.3 is 0 Å². The van der Waals surface area contributed by atoms with Crippen molar-refractivity contribution in [2.75, 3.05) is 5.75 Å². The van der Waals surface area contributed by atoms with Crippen molar-refractivity contribution in [3.63, 3.8) is 0 Å². The number of carbonyl (C=O) groups excluding carboxylic acids is 2. The van der Waals surface area contributed by atoms with Crippen LogP contribution in [0.5, 0.6) is 0 Å². The van der Waals surface area contributed by atoms with Gasteiger partial charge in [-0.1, -0.05) is 61.2 Å². The van der Waals surface area contributed by atoms with Gasteiger partial charge in [0.15, 0.2) is 0 Å². The van der Waals surface area contributed by atoms with E-state index in [0.29, 0.717) is 11.6 Å². The summed E-state index contributed by atoms with van der Waals surface area (Å²) in [5.74, 6) is 0.156. The molecule has 0 radical (unpaired) electrons. The van der Waals surface area contributed by atoms with Crippen LogP contribution < -0.4 is 5.32 Å². The highest BCUT2D eigenvalue weighted by Crippen LogP contribution is 2.22. The number of halogens is 1. The first-order valence-electron chi connectivity index (χ1n) is 10.5. The van der Waals surface area contributed by atoms with E-state index in [9.17, 15) is 9.59 Å². The molecule has 160 valence electrons. The molecule has 0 aliphatic heterocycles. The summed E-state index contributed by atoms with van der Waals surface area (Å²) in [4.78, 5) is 28.7. The zero-order valence-electron chi connectivity index (χ0n) is 17.4. The van der Waals surface area contributed by atoms with Crippen molar-refractivity contribution in [3.8, 4) is 0 Å². The van der Waals surface area contributed by atoms with Crippen LogP contribution >= 0.6 is 23.4 Å². The Morgan fingerprint density at radius 1 is 1.07 bits per heavy atom. The number of thioether (sulfide) groups is 1. The molecule has 1 aliphatic rings. The Hall–Kier alpha value is -1.98. The molecule has 4 nitrogen and oxygen atoms in total. The van der Waals surface area contributed by atoms with Crippen molar-refractivity contribution < 1.29 is 9.59 Å². The molecule has 0 spiro atoms. The molecule has 3 rings (SSSR count). The van der Waals surface area contributed by atoms with Gasteiger partial charge in [0.1, 0.15) is 6.04 Å². The number of nitrogens with zero attached hydrogens (tertiary/aromatic N) is 1. The van der Waals surface area contributed by atoms with Gasteiger partial charge in [0.2, 0.25) is 11.8 Å². The van der Waals surface area contributed by atoms with E-state index in [4.69, 9.17) is 11.6 Å². The van der Waals surface area contributed by atoms with E-state index >= 15 is 0 Å². The summed E-state index contributed by atoms with van der Waals surface area (Å²) < 4.78 is 0. The van der Waals surface area contributed by atoms with Crippen LogP contribution in [0.2, 0.25) is 5.02 Å². The molecule has 0 saturated heterocycles. The predicted molar refractivity (Wildman–Crippen MR) is 124 cm³/mol. The molecule has 0 bridgehead atoms. The largest absolute Gasteiger partial charge is 0.352 e. The standard InChI is InChI=1S/C24H29ClN2O2S/c1-18(24(29)26-21-10-6-3-7-11-21)27(16-19-8-4-2-5-9-19)23(28)17-30-22-14-12-20(25)13-15-22/h2,4-5,8-9,12-15,18,21H,3,6-7,10-11,16-17H2,1H3,(H,26,29). The average Bonchev–Trinajstić information content (AvgIpc) is 2.78. The normalized spacial score (nSPS) is 15.4. The van der Waals surface area contributed by atoms with Gasteiger partial charge in [-0.25, -0.2) is 0 Å². The quantitative estimate of drug-likeness (QED) is 0.562. The molecule has 2 aromatic carbocycles. The lowest BCUT2D eigenvalue weighted by Gasteiger charge is -2.31. The van der Waals surface area contributed by atoms with Crippen molar-refractivity contribution in [1.82, 2.24) is 10.2 Å². The Labute approximate surface area is 188 Å². The van der Waals surface area contributed by atoms with Crippen LogP contribution in [-0.2, 0) is 16.1 Å². The number of nitrogens with one attached hydrogen (secondary N) is 1. The summed E-state index contributed by atoms with van der Waals surface area (Å²) in [7, 11) is 0. The predicted octanol–water partition coefficient (Wildman–Crippen LogP) is 5.30. The Morgan fingerprint density at radius 2 is 1.73 bits per heavy atom. The number of rotatable bonds is 8. The third-order valence-electron chi connectivity index (χ3n) is 5.49. The Morgan fingerprint density at radius 3 is 2.40 bits per heavy atom. The van der Waals surface area contributed by atoms with Gasteiger partial charge in [0, 0.05) is 22.5 Å². The lowest BCUT2D eigenvalue weighted by Crippen LogP contribution is -2.50. The van der Waals surface area contributed by atoms with Crippen LogP contribution in [0.25, 0.3) is 0 Å². The van der Waals surface area contributed by atoms with Crippen molar-refractivity contribution in [2.24, 2.45) is 0 Å². The van der Waals surface area contributed by atoms with Gasteiger partial charge in [0.25, 0.3) is 0 Å². The second-order valence-corrected chi connectivity index (χ2v) is 9.25. The summed E-state index contributed by atoms with van der Waals surface area (Å²) in [6, 6.07) is 17.0. The van der Waals surface area contributed by atoms with E-state index in [-0.39, 0.29) is 23.6 Å². The van der Waals surface area contributed by atoms with Gasteiger partial charge in [-0.05, 0) is 49.6 Å². The molecule has 30 heavy (non-hydrogen) atoms. The summed E-state index contributed by atoms with van der Waals surface area (Å²) in [5.41, 5.74) is 1.01. The molecule has 6 heteroatoms. The van der Waals surface area contributed by atoms with E-state index in [0.717, 1.165) is 36.1 Å². The Balaban J connectivity index is 1.67. The van der Waals surface area contributed by atoms with Crippen molar-refractivity contribution >= 4 is 35.2 Å². The summed E-state index contributed by atoms with van der Waals surface area (Å²) in [6.45, 7) is 2.24. The summed E-state index contributed by atoms with van der Waals surface area (Å²) >= 11 is 7.40. The van der Waals surface area contributed by atoms with Gasteiger partial charge < -0.3 is 10.2 Å². The van der Waals surface area contributed by atoms with Gasteiger partial charge in [-0.3, -0.25) is 9.59 Å². The lowest BCUT2D eigenvalue weighted by molar-refractivity contribution is -0.139. The monoisotopic (exact) mass is 444 g/mol. The van der Waals surface area contributed by atoms with E-state index < -0.39 is 6.04 Å². The minimum Gasteiger partial charge on any atom is -0.352 e. The highest BCUT2D eigenvalue weighted by atomic mass is 35.5. The molecule has 0 heterocycles. The molecule has 2 aromatic rings. The fraction of sp³-hybridized carbons (Fsp3) is 0.417. The van der Waals surface area contributed by atoms with Crippen LogP contribution in [-0.4, -0.2) is 34.6 Å². The highest BCUT2D eigenvalue weighted by molar-refractivity contribution is 8.00. The zero-order chi connectivity index (χ0) is 21.3. The molecule has 1 aliphatic carbocycles. The fourth-order valence-electron chi connectivity index (χ4n) is 3.69. The number of benzene rings is 2. The maximum Gasteiger partial charge on any atom is 0.242 e. The first-order chi connectivity index (χ1) is 14.5. The van der Waals surface area contributed by atoms with Crippen molar-refractivity contribution in [3.05, 3.63) is 65.2 Å². The third kappa shape index (κ3) is 6.78. The Kier molecular flexibility index (Phi) is 8.64. The molecule has 1 fully saturated rings. The molecule has 1 saturated carbocycles. The summed E-state index contributed by atoms with van der Waals surface area (Å²) in [6.07, 6.45) is 5.60. The van der Waals surface area contributed by atoms with Crippen molar-refractivity contribution in [1.29, 1.82) is 0 Å². The van der Waals surface area contributed by atoms with E-state index in [1.807, 2.05) is 61.5 Å². The number of carbonyl (C=O) groups is 2. The van der Waals surface area contributed by atoms with Gasteiger partial charge in [-0.15, -0.1) is 11.8 Å². The molecular formula is C24H29ClN2O2S. The lowest BCUT2D eigenvalue weighted by atomic mass is 9.95. The first-order valence-corrected chi connectivity index (χ1v) is 11.9. The molecule has 0 aromatic heterocycles. The van der Waals surface area contributed by atoms with Crippen LogP contribution in [0.1, 0.15) is 44.6 Å². The smallest absolute Gasteiger partial charge is 0.242 e. The van der Waals surface area contributed by atoms with Crippen LogP contribution in [0, 0.1) is 0 Å². The molecule has 1 unspecified atom stereocenters. The number of hydrogen-bond donors (Lipinski definition) is 1. The third-order valence-corrected chi connectivity index (χ3v) is 6.74. The van der Waals surface area contributed by atoms with Crippen molar-refractivity contribution in [2.45, 2.75) is 62.6 Å². The van der Waals surface area contributed by atoms with Gasteiger partial charge in [0.05, 0.1) is 5.75 Å². The fourth-order valence-corrected chi connectivity index (χ4v) is 4.60. The molecule has 1 atom stereocenters. The van der Waals surface area contributed by atoms with E-state index in [1.54, 1.807) is 4.90 Å². The SMILES string of the molecule is CC(C(=O)NC1CCCCC1)N(Cc1ccccc1)C(=O)CSc1ccc(Cl)cc1. The summed E-state index contributed by atoms with van der Waals surface area (Å²) in [5, 5.41) is 3.84. The molecular weight excluding hydrogens is 416 g/mol. The zero-order valence-corrected chi connectivity index (χ0v) is 18.9. The van der Waals surface area contributed by atoms with E-state index in [2.05, 4.69) is 5.32 Å². The number of amides is 2. The maximum atomic E-state index is 13.1. The molecule has 2 amide bonds. The Bertz CT molecular complexity index is 823. The van der Waals surface area contributed by atoms with Crippen LogP contribution in [0.3, 0.4) is 0 Å². The van der Waals surface area contributed by atoms with E-state index in [1.165, 1.54) is 18.2 Å². The molecule has 1 N–H and O–H groups in total. The highest BCUT2D eigenvalue weighted by Gasteiger charge is 2.28. The second-order valence-electron chi connectivity index (χ2n) is 7.77.